The second-order valence-electron chi connectivity index (χ2n) is 3.93. The van der Waals surface area contributed by atoms with Gasteiger partial charge in [-0.2, -0.15) is 0 Å². The maximum absolute atomic E-state index is 13.2. The molecule has 1 aromatic carbocycles. The molecular formula is C14H16F2O2. The van der Waals surface area contributed by atoms with Crippen molar-refractivity contribution in [1.29, 1.82) is 0 Å². The van der Waals surface area contributed by atoms with Crippen LogP contribution in [0.25, 0.3) is 0 Å². The zero-order chi connectivity index (χ0) is 13.7. The largest absolute Gasteiger partial charge is 0.488 e. The van der Waals surface area contributed by atoms with E-state index in [1.165, 1.54) is 6.07 Å². The SMILES string of the molecule is CC#CC.CC1Oc2ccc(F)c(F)c2CC1O. The Bertz CT molecular complexity index is 469. The molecule has 0 aliphatic carbocycles. The Balaban J connectivity index is 0.000000357. The van der Waals surface area contributed by atoms with Gasteiger partial charge < -0.3 is 9.84 Å². The van der Waals surface area contributed by atoms with Crippen molar-refractivity contribution in [3.63, 3.8) is 0 Å². The number of benzene rings is 1. The van der Waals surface area contributed by atoms with E-state index in [1.54, 1.807) is 6.92 Å². The van der Waals surface area contributed by atoms with Crippen LogP contribution in [0.4, 0.5) is 8.78 Å². The van der Waals surface area contributed by atoms with Gasteiger partial charge in [0.15, 0.2) is 11.6 Å². The van der Waals surface area contributed by atoms with Gasteiger partial charge in [-0.25, -0.2) is 8.78 Å². The van der Waals surface area contributed by atoms with Crippen LogP contribution in [0.15, 0.2) is 12.1 Å². The van der Waals surface area contributed by atoms with Crippen LogP contribution in [-0.4, -0.2) is 17.3 Å². The highest BCUT2D eigenvalue weighted by Gasteiger charge is 2.28. The standard InChI is InChI=1S/C10H10F2O2.C4H6/c1-5-8(13)4-6-9(14-5)3-2-7(11)10(6)12;1-3-4-2/h2-3,5,8,13H,4H2,1H3;1-2H3. The molecule has 1 N–H and O–H groups in total. The molecule has 1 aromatic rings. The van der Waals surface area contributed by atoms with Crippen LogP contribution in [0.5, 0.6) is 5.75 Å². The van der Waals surface area contributed by atoms with Gasteiger partial charge in [-0.05, 0) is 32.9 Å². The minimum absolute atomic E-state index is 0.0973. The summed E-state index contributed by atoms with van der Waals surface area (Å²) in [4.78, 5) is 0. The van der Waals surface area contributed by atoms with E-state index >= 15 is 0 Å². The molecule has 2 unspecified atom stereocenters. The second kappa shape index (κ2) is 6.36. The number of hydrogen-bond donors (Lipinski definition) is 1. The smallest absolute Gasteiger partial charge is 0.165 e. The normalized spacial score (nSPS) is 20.6. The summed E-state index contributed by atoms with van der Waals surface area (Å²) in [7, 11) is 0. The van der Waals surface area contributed by atoms with Crippen molar-refractivity contribution < 1.29 is 18.6 Å². The van der Waals surface area contributed by atoms with Gasteiger partial charge in [0, 0.05) is 12.0 Å². The van der Waals surface area contributed by atoms with Gasteiger partial charge in [0.25, 0.3) is 0 Å². The first kappa shape index (κ1) is 14.5. The highest BCUT2D eigenvalue weighted by molar-refractivity contribution is 5.37. The summed E-state index contributed by atoms with van der Waals surface area (Å²) in [6.07, 6.45) is -1.06. The Morgan fingerprint density at radius 2 is 1.89 bits per heavy atom. The van der Waals surface area contributed by atoms with Crippen LogP contribution < -0.4 is 4.74 Å². The molecule has 0 bridgehead atoms. The number of rotatable bonds is 0. The fourth-order valence-corrected chi connectivity index (χ4v) is 1.53. The molecule has 1 heterocycles. The van der Waals surface area contributed by atoms with Crippen LogP contribution in [-0.2, 0) is 6.42 Å². The van der Waals surface area contributed by atoms with Crippen LogP contribution >= 0.6 is 0 Å². The lowest BCUT2D eigenvalue weighted by Gasteiger charge is -2.28. The lowest BCUT2D eigenvalue weighted by molar-refractivity contribution is 0.0312. The fraction of sp³-hybridized carbons (Fsp3) is 0.429. The van der Waals surface area contributed by atoms with E-state index < -0.39 is 17.7 Å². The molecule has 0 radical (unpaired) electrons. The van der Waals surface area contributed by atoms with Gasteiger partial charge in [0.05, 0.1) is 6.10 Å². The fourth-order valence-electron chi connectivity index (χ4n) is 1.53. The summed E-state index contributed by atoms with van der Waals surface area (Å²) >= 11 is 0. The van der Waals surface area contributed by atoms with Gasteiger partial charge >= 0.3 is 0 Å². The minimum Gasteiger partial charge on any atom is -0.488 e. The second-order valence-corrected chi connectivity index (χ2v) is 3.93. The van der Waals surface area contributed by atoms with Crippen molar-refractivity contribution in [2.75, 3.05) is 0 Å². The highest BCUT2D eigenvalue weighted by atomic mass is 19.2. The number of hydrogen-bond acceptors (Lipinski definition) is 2. The molecule has 0 saturated heterocycles. The summed E-state index contributed by atoms with van der Waals surface area (Å²) in [5, 5.41) is 9.43. The molecule has 0 saturated carbocycles. The number of aliphatic hydroxyl groups excluding tert-OH is 1. The molecule has 0 fully saturated rings. The van der Waals surface area contributed by atoms with Gasteiger partial charge in [-0.1, -0.05) is 0 Å². The highest BCUT2D eigenvalue weighted by Crippen LogP contribution is 2.30. The average molecular weight is 254 g/mol. The van der Waals surface area contributed by atoms with E-state index in [0.717, 1.165) is 6.07 Å². The third-order valence-electron chi connectivity index (χ3n) is 2.67. The van der Waals surface area contributed by atoms with Crippen molar-refractivity contribution in [1.82, 2.24) is 0 Å². The Kier molecular flexibility index (Phi) is 5.11. The third kappa shape index (κ3) is 3.21. The van der Waals surface area contributed by atoms with Crippen molar-refractivity contribution in [2.24, 2.45) is 0 Å². The van der Waals surface area contributed by atoms with Crippen molar-refractivity contribution >= 4 is 0 Å². The lowest BCUT2D eigenvalue weighted by atomic mass is 9.99. The summed E-state index contributed by atoms with van der Waals surface area (Å²) < 4.78 is 31.3. The summed E-state index contributed by atoms with van der Waals surface area (Å²) in [6, 6.07) is 2.41. The van der Waals surface area contributed by atoms with E-state index in [0.29, 0.717) is 5.75 Å². The average Bonchev–Trinajstić information content (AvgIpc) is 2.37. The molecule has 2 nitrogen and oxygen atoms in total. The molecule has 18 heavy (non-hydrogen) atoms. The minimum atomic E-state index is -0.923. The number of fused-ring (bicyclic) bond motifs is 1. The Morgan fingerprint density at radius 1 is 1.28 bits per heavy atom. The molecule has 1 aliphatic heterocycles. The zero-order valence-electron chi connectivity index (χ0n) is 10.6. The first-order valence-corrected chi connectivity index (χ1v) is 5.66. The maximum atomic E-state index is 13.2. The first-order valence-electron chi connectivity index (χ1n) is 5.66. The monoisotopic (exact) mass is 254 g/mol. The van der Waals surface area contributed by atoms with E-state index in [9.17, 15) is 13.9 Å². The molecule has 0 aromatic heterocycles. The van der Waals surface area contributed by atoms with Gasteiger partial charge in [-0.15, -0.1) is 11.8 Å². The van der Waals surface area contributed by atoms with E-state index in [2.05, 4.69) is 11.8 Å². The van der Waals surface area contributed by atoms with Gasteiger partial charge in [0.1, 0.15) is 11.9 Å². The van der Waals surface area contributed by atoms with Crippen LogP contribution in [0.1, 0.15) is 26.3 Å². The predicted molar refractivity (Wildman–Crippen MR) is 65.3 cm³/mol. The van der Waals surface area contributed by atoms with E-state index in [-0.39, 0.29) is 18.1 Å². The predicted octanol–water partition coefficient (Wildman–Crippen LogP) is 2.68. The van der Waals surface area contributed by atoms with Crippen LogP contribution in [0.3, 0.4) is 0 Å². The molecular weight excluding hydrogens is 238 g/mol. The lowest BCUT2D eigenvalue weighted by Crippen LogP contribution is -2.35. The summed E-state index contributed by atoms with van der Waals surface area (Å²) in [5.41, 5.74) is 0.121. The zero-order valence-corrected chi connectivity index (χ0v) is 10.6. The number of halogens is 2. The molecule has 2 rings (SSSR count). The number of aliphatic hydroxyl groups is 1. The van der Waals surface area contributed by atoms with Crippen LogP contribution in [0.2, 0.25) is 0 Å². The van der Waals surface area contributed by atoms with Crippen molar-refractivity contribution in [3.8, 4) is 17.6 Å². The Hall–Kier alpha value is -1.60. The third-order valence-corrected chi connectivity index (χ3v) is 2.67. The Labute approximate surface area is 106 Å². The maximum Gasteiger partial charge on any atom is 0.165 e. The Morgan fingerprint density at radius 3 is 2.44 bits per heavy atom. The van der Waals surface area contributed by atoms with Gasteiger partial charge in [-0.3, -0.25) is 0 Å². The van der Waals surface area contributed by atoms with Crippen molar-refractivity contribution in [2.45, 2.75) is 39.4 Å². The number of ether oxygens (including phenoxy) is 1. The summed E-state index contributed by atoms with van der Waals surface area (Å²) in [5.74, 6) is 3.85. The quantitative estimate of drug-likeness (QED) is 0.721. The molecule has 1 aliphatic rings. The molecule has 98 valence electrons. The molecule has 0 amide bonds. The van der Waals surface area contributed by atoms with E-state index in [4.69, 9.17) is 4.74 Å². The van der Waals surface area contributed by atoms with Crippen molar-refractivity contribution in [3.05, 3.63) is 29.3 Å². The summed E-state index contributed by atoms with van der Waals surface area (Å²) in [6.45, 7) is 5.33. The van der Waals surface area contributed by atoms with E-state index in [1.807, 2.05) is 13.8 Å². The topological polar surface area (TPSA) is 29.5 Å². The molecule has 4 heteroatoms. The van der Waals surface area contributed by atoms with Gasteiger partial charge in [0.2, 0.25) is 0 Å². The van der Waals surface area contributed by atoms with Crippen LogP contribution in [0, 0.1) is 23.5 Å². The first-order chi connectivity index (χ1) is 8.51. The molecule has 0 spiro atoms. The molecule has 2 atom stereocenters.